The minimum absolute atomic E-state index is 0.132. The molecule has 130 valence electrons. The van der Waals surface area contributed by atoms with Crippen molar-refractivity contribution < 1.29 is 4.79 Å². The average molecular weight is 336 g/mol. The van der Waals surface area contributed by atoms with Gasteiger partial charge in [-0.05, 0) is 57.4 Å². The van der Waals surface area contributed by atoms with Crippen LogP contribution in [-0.2, 0) is 4.79 Å². The zero-order valence-electron chi connectivity index (χ0n) is 15.0. The van der Waals surface area contributed by atoms with E-state index in [1.165, 1.54) is 0 Å². The second-order valence-corrected chi connectivity index (χ2v) is 7.03. The zero-order chi connectivity index (χ0) is 18.0. The molecule has 1 N–H and O–H groups in total. The van der Waals surface area contributed by atoms with Crippen molar-refractivity contribution >= 4 is 5.91 Å². The lowest BCUT2D eigenvalue weighted by molar-refractivity contribution is -0.128. The number of nitriles is 1. The van der Waals surface area contributed by atoms with Crippen molar-refractivity contribution in [2.75, 3.05) is 0 Å². The van der Waals surface area contributed by atoms with Gasteiger partial charge in [0.1, 0.15) is 5.41 Å². The third kappa shape index (κ3) is 3.30. The molecule has 25 heavy (non-hydrogen) atoms. The molecule has 1 aliphatic rings. The zero-order valence-corrected chi connectivity index (χ0v) is 15.0. The highest BCUT2D eigenvalue weighted by Gasteiger charge is 2.41. The number of amides is 1. The summed E-state index contributed by atoms with van der Waals surface area (Å²) in [7, 11) is 0. The van der Waals surface area contributed by atoms with Crippen LogP contribution in [0.5, 0.6) is 0 Å². The van der Waals surface area contributed by atoms with Crippen LogP contribution in [0, 0.1) is 30.6 Å². The first-order valence-electron chi connectivity index (χ1n) is 8.81. The van der Waals surface area contributed by atoms with E-state index in [1.54, 1.807) is 0 Å². The third-order valence-electron chi connectivity index (χ3n) is 5.10. The number of aryl methyl sites for hydroxylation is 2. The van der Waals surface area contributed by atoms with Gasteiger partial charge in [-0.1, -0.05) is 25.0 Å². The topological polar surface area (TPSA) is 70.7 Å². The molecule has 3 rings (SSSR count). The van der Waals surface area contributed by atoms with E-state index in [1.807, 2.05) is 55.8 Å². The summed E-state index contributed by atoms with van der Waals surface area (Å²) in [5.41, 5.74) is 3.25. The summed E-state index contributed by atoms with van der Waals surface area (Å²) in [6.45, 7) is 5.96. The Morgan fingerprint density at radius 1 is 1.28 bits per heavy atom. The van der Waals surface area contributed by atoms with Crippen molar-refractivity contribution in [1.82, 2.24) is 15.1 Å². The van der Waals surface area contributed by atoms with E-state index < -0.39 is 5.41 Å². The number of carbonyl (C=O) groups is 1. The highest BCUT2D eigenvalue weighted by Crippen LogP contribution is 2.38. The van der Waals surface area contributed by atoms with Crippen LogP contribution in [0.2, 0.25) is 0 Å². The highest BCUT2D eigenvalue weighted by molar-refractivity contribution is 5.86. The van der Waals surface area contributed by atoms with Gasteiger partial charge in [0.2, 0.25) is 5.91 Å². The smallest absolute Gasteiger partial charge is 0.240 e. The van der Waals surface area contributed by atoms with Gasteiger partial charge in [0.15, 0.2) is 0 Å². The van der Waals surface area contributed by atoms with Crippen LogP contribution in [0.15, 0.2) is 30.3 Å². The third-order valence-corrected chi connectivity index (χ3v) is 5.10. The van der Waals surface area contributed by atoms with Gasteiger partial charge in [0, 0.05) is 5.69 Å². The first-order valence-corrected chi connectivity index (χ1v) is 8.81. The second kappa shape index (κ2) is 6.72. The summed E-state index contributed by atoms with van der Waals surface area (Å²) < 4.78 is 1.91. The fourth-order valence-electron chi connectivity index (χ4n) is 3.58. The molecule has 0 radical (unpaired) electrons. The Balaban J connectivity index is 1.73. The number of benzene rings is 1. The Morgan fingerprint density at radius 2 is 1.92 bits per heavy atom. The van der Waals surface area contributed by atoms with E-state index >= 15 is 0 Å². The molecule has 5 nitrogen and oxygen atoms in total. The first kappa shape index (κ1) is 17.2. The van der Waals surface area contributed by atoms with Gasteiger partial charge in [-0.25, -0.2) is 4.68 Å². The molecule has 1 amide bonds. The molecular formula is C20H24N4O. The number of hydrogen-bond donors (Lipinski definition) is 1. The number of nitrogens with zero attached hydrogens (tertiary/aromatic N) is 3. The first-order chi connectivity index (χ1) is 11.9. The standard InChI is InChI=1S/C20H24N4O/c1-14-12-15(2)24(23-14)18-8-6-17(7-9-18)16(3)22-19(25)20(13-21)10-4-5-11-20/h6-9,12,16H,4-5,10-11H2,1-3H3,(H,22,25). The van der Waals surface area contributed by atoms with E-state index in [4.69, 9.17) is 0 Å². The molecule has 1 atom stereocenters. The van der Waals surface area contributed by atoms with Gasteiger partial charge >= 0.3 is 0 Å². The van der Waals surface area contributed by atoms with Crippen molar-refractivity contribution in [3.63, 3.8) is 0 Å². The van der Waals surface area contributed by atoms with Gasteiger partial charge in [-0.2, -0.15) is 10.4 Å². The molecule has 0 saturated heterocycles. The van der Waals surface area contributed by atoms with Crippen molar-refractivity contribution in [2.24, 2.45) is 5.41 Å². The molecule has 1 heterocycles. The maximum atomic E-state index is 12.6. The van der Waals surface area contributed by atoms with E-state index in [2.05, 4.69) is 16.5 Å². The maximum Gasteiger partial charge on any atom is 0.240 e. The van der Waals surface area contributed by atoms with Gasteiger partial charge in [-0.15, -0.1) is 0 Å². The molecule has 0 spiro atoms. The predicted molar refractivity (Wildman–Crippen MR) is 96.1 cm³/mol. The summed E-state index contributed by atoms with van der Waals surface area (Å²) in [5, 5.41) is 16.9. The summed E-state index contributed by atoms with van der Waals surface area (Å²) in [4.78, 5) is 12.6. The van der Waals surface area contributed by atoms with Crippen molar-refractivity contribution in [1.29, 1.82) is 5.26 Å². The minimum atomic E-state index is -0.835. The normalized spacial score (nSPS) is 17.0. The van der Waals surface area contributed by atoms with Crippen molar-refractivity contribution in [3.05, 3.63) is 47.3 Å². The average Bonchev–Trinajstić information content (AvgIpc) is 3.22. The van der Waals surface area contributed by atoms with Crippen LogP contribution >= 0.6 is 0 Å². The van der Waals surface area contributed by atoms with Crippen LogP contribution < -0.4 is 5.32 Å². The van der Waals surface area contributed by atoms with Crippen molar-refractivity contribution in [2.45, 2.75) is 52.5 Å². The van der Waals surface area contributed by atoms with E-state index in [0.29, 0.717) is 12.8 Å². The van der Waals surface area contributed by atoms with Gasteiger partial charge in [0.25, 0.3) is 0 Å². The Hall–Kier alpha value is -2.61. The molecule has 1 unspecified atom stereocenters. The van der Waals surface area contributed by atoms with Gasteiger partial charge in [-0.3, -0.25) is 4.79 Å². The second-order valence-electron chi connectivity index (χ2n) is 7.03. The summed E-state index contributed by atoms with van der Waals surface area (Å²) >= 11 is 0. The van der Waals surface area contributed by atoms with E-state index in [-0.39, 0.29) is 11.9 Å². The van der Waals surface area contributed by atoms with Gasteiger partial charge in [0.05, 0.1) is 23.5 Å². The maximum absolute atomic E-state index is 12.6. The molecule has 1 aromatic carbocycles. The lowest BCUT2D eigenvalue weighted by atomic mass is 9.86. The Labute approximate surface area is 148 Å². The quantitative estimate of drug-likeness (QED) is 0.924. The number of aromatic nitrogens is 2. The summed E-state index contributed by atoms with van der Waals surface area (Å²) in [5.74, 6) is -0.136. The summed E-state index contributed by atoms with van der Waals surface area (Å²) in [6, 6.07) is 12.2. The Kier molecular flexibility index (Phi) is 4.63. The molecule has 1 saturated carbocycles. The Bertz CT molecular complexity index is 807. The minimum Gasteiger partial charge on any atom is -0.348 e. The molecule has 5 heteroatoms. The van der Waals surface area contributed by atoms with Crippen LogP contribution in [-0.4, -0.2) is 15.7 Å². The fourth-order valence-corrected chi connectivity index (χ4v) is 3.58. The molecule has 1 fully saturated rings. The molecular weight excluding hydrogens is 312 g/mol. The fraction of sp³-hybridized carbons (Fsp3) is 0.450. The molecule has 0 bridgehead atoms. The lowest BCUT2D eigenvalue weighted by Gasteiger charge is -2.23. The monoisotopic (exact) mass is 336 g/mol. The van der Waals surface area contributed by atoms with Gasteiger partial charge < -0.3 is 5.32 Å². The van der Waals surface area contributed by atoms with Crippen LogP contribution in [0.4, 0.5) is 0 Å². The number of rotatable bonds is 4. The van der Waals surface area contributed by atoms with Crippen LogP contribution in [0.1, 0.15) is 55.6 Å². The summed E-state index contributed by atoms with van der Waals surface area (Å²) in [6.07, 6.45) is 3.23. The van der Waals surface area contributed by atoms with Crippen LogP contribution in [0.25, 0.3) is 5.69 Å². The highest BCUT2D eigenvalue weighted by atomic mass is 16.2. The SMILES string of the molecule is Cc1cc(C)n(-c2ccc(C(C)NC(=O)C3(C#N)CCCC3)cc2)n1. The predicted octanol–water partition coefficient (Wildman–Crippen LogP) is 3.75. The number of nitrogens with one attached hydrogen (secondary N) is 1. The molecule has 0 aliphatic heterocycles. The largest absolute Gasteiger partial charge is 0.348 e. The number of carbonyl (C=O) groups excluding carboxylic acids is 1. The number of hydrogen-bond acceptors (Lipinski definition) is 3. The van der Waals surface area contributed by atoms with E-state index in [9.17, 15) is 10.1 Å². The molecule has 1 aliphatic carbocycles. The van der Waals surface area contributed by atoms with Crippen molar-refractivity contribution in [3.8, 4) is 11.8 Å². The van der Waals surface area contributed by atoms with Crippen LogP contribution in [0.3, 0.4) is 0 Å². The molecule has 2 aromatic rings. The lowest BCUT2D eigenvalue weighted by Crippen LogP contribution is -2.39. The molecule has 1 aromatic heterocycles. The van der Waals surface area contributed by atoms with E-state index in [0.717, 1.165) is 35.5 Å². The Morgan fingerprint density at radius 3 is 2.44 bits per heavy atom.